The average Bonchev–Trinajstić information content (AvgIpc) is 3.57. The zero-order valence-corrected chi connectivity index (χ0v) is 26.1. The Bertz CT molecular complexity index is 2410. The van der Waals surface area contributed by atoms with E-state index in [-0.39, 0.29) is 5.41 Å². The third kappa shape index (κ3) is 3.92. The zero-order chi connectivity index (χ0) is 30.1. The second-order valence-corrected chi connectivity index (χ2v) is 13.6. The molecule has 0 saturated heterocycles. The molecular formula is C43H31NS. The Labute approximate surface area is 267 Å². The molecule has 0 amide bonds. The summed E-state index contributed by atoms with van der Waals surface area (Å²) in [5.74, 6) is 0. The molecule has 0 radical (unpaired) electrons. The first-order chi connectivity index (χ1) is 22.1. The maximum atomic E-state index is 2.54. The molecule has 1 heterocycles. The highest BCUT2D eigenvalue weighted by atomic mass is 32.1. The van der Waals surface area contributed by atoms with Gasteiger partial charge in [-0.1, -0.05) is 135 Å². The van der Waals surface area contributed by atoms with Crippen molar-refractivity contribution in [3.05, 3.63) is 163 Å². The maximum absolute atomic E-state index is 2.54. The molecule has 1 aliphatic rings. The van der Waals surface area contributed by atoms with Gasteiger partial charge in [0.25, 0.3) is 0 Å². The number of nitrogens with zero attached hydrogens (tertiary/aromatic N) is 1. The lowest BCUT2D eigenvalue weighted by Crippen LogP contribution is -2.16. The predicted molar refractivity (Wildman–Crippen MR) is 195 cm³/mol. The lowest BCUT2D eigenvalue weighted by atomic mass is 9.82. The van der Waals surface area contributed by atoms with Crippen molar-refractivity contribution < 1.29 is 0 Å². The van der Waals surface area contributed by atoms with Crippen molar-refractivity contribution in [1.82, 2.24) is 0 Å². The van der Waals surface area contributed by atoms with Gasteiger partial charge < -0.3 is 4.90 Å². The number of anilines is 3. The summed E-state index contributed by atoms with van der Waals surface area (Å²) in [6.07, 6.45) is 0. The molecule has 1 aliphatic carbocycles. The highest BCUT2D eigenvalue weighted by Gasteiger charge is 2.38. The van der Waals surface area contributed by atoms with Crippen LogP contribution in [0.4, 0.5) is 17.1 Å². The average molecular weight is 594 g/mol. The topological polar surface area (TPSA) is 3.24 Å². The van der Waals surface area contributed by atoms with Crippen molar-refractivity contribution in [2.75, 3.05) is 4.90 Å². The van der Waals surface area contributed by atoms with Gasteiger partial charge in [-0.25, -0.2) is 0 Å². The largest absolute Gasteiger partial charge is 0.308 e. The van der Waals surface area contributed by atoms with Crippen LogP contribution in [0.1, 0.15) is 25.0 Å². The summed E-state index contributed by atoms with van der Waals surface area (Å²) < 4.78 is 2.62. The Morgan fingerprint density at radius 2 is 1.11 bits per heavy atom. The van der Waals surface area contributed by atoms with Gasteiger partial charge in [0.1, 0.15) is 0 Å². The van der Waals surface area contributed by atoms with Crippen LogP contribution in [0.25, 0.3) is 53.2 Å². The quantitative estimate of drug-likeness (QED) is 0.196. The SMILES string of the molecule is CC1(C)c2ccccc2-c2c(N(c3ccccc3-c3ccccc3)c3cccc4c3sc3cc5ccccc5cc34)cccc21. The first-order valence-electron chi connectivity index (χ1n) is 15.6. The molecule has 0 bridgehead atoms. The molecular weight excluding hydrogens is 563 g/mol. The summed E-state index contributed by atoms with van der Waals surface area (Å²) in [5.41, 5.74) is 11.3. The Kier molecular flexibility index (Phi) is 5.78. The smallest absolute Gasteiger partial charge is 0.0640 e. The molecule has 7 aromatic carbocycles. The molecule has 0 saturated carbocycles. The Balaban J connectivity index is 1.39. The molecule has 1 aromatic heterocycles. The lowest BCUT2D eigenvalue weighted by Gasteiger charge is -2.31. The van der Waals surface area contributed by atoms with Crippen molar-refractivity contribution in [2.24, 2.45) is 0 Å². The summed E-state index contributed by atoms with van der Waals surface area (Å²) in [7, 11) is 0. The van der Waals surface area contributed by atoms with Gasteiger partial charge in [-0.3, -0.25) is 0 Å². The zero-order valence-electron chi connectivity index (χ0n) is 25.3. The van der Waals surface area contributed by atoms with Crippen LogP contribution < -0.4 is 4.90 Å². The van der Waals surface area contributed by atoms with Crippen molar-refractivity contribution in [3.63, 3.8) is 0 Å². The third-order valence-corrected chi connectivity index (χ3v) is 10.8. The van der Waals surface area contributed by atoms with Crippen LogP contribution in [0.3, 0.4) is 0 Å². The normalized spacial score (nSPS) is 13.3. The van der Waals surface area contributed by atoms with Gasteiger partial charge in [0.15, 0.2) is 0 Å². The van der Waals surface area contributed by atoms with Crippen molar-refractivity contribution in [3.8, 4) is 22.3 Å². The van der Waals surface area contributed by atoms with Crippen LogP contribution in [0.2, 0.25) is 0 Å². The maximum Gasteiger partial charge on any atom is 0.0640 e. The van der Waals surface area contributed by atoms with Crippen LogP contribution in [0.15, 0.2) is 152 Å². The molecule has 45 heavy (non-hydrogen) atoms. The summed E-state index contributed by atoms with van der Waals surface area (Å²) in [6.45, 7) is 4.72. The fourth-order valence-electron chi connectivity index (χ4n) is 7.49. The molecule has 0 atom stereocenters. The van der Waals surface area contributed by atoms with E-state index in [0.717, 1.165) is 0 Å². The first-order valence-corrected chi connectivity index (χ1v) is 16.4. The van der Waals surface area contributed by atoms with Crippen LogP contribution in [-0.2, 0) is 5.41 Å². The molecule has 0 fully saturated rings. The van der Waals surface area contributed by atoms with E-state index in [4.69, 9.17) is 0 Å². The Morgan fingerprint density at radius 3 is 1.96 bits per heavy atom. The third-order valence-electron chi connectivity index (χ3n) is 9.64. The number of rotatable bonds is 4. The van der Waals surface area contributed by atoms with Crippen LogP contribution in [0.5, 0.6) is 0 Å². The van der Waals surface area contributed by atoms with Gasteiger partial charge >= 0.3 is 0 Å². The van der Waals surface area contributed by atoms with E-state index in [0.29, 0.717) is 0 Å². The summed E-state index contributed by atoms with van der Waals surface area (Å²) in [4.78, 5) is 2.54. The number of hydrogen-bond acceptors (Lipinski definition) is 2. The lowest BCUT2D eigenvalue weighted by molar-refractivity contribution is 0.660. The van der Waals surface area contributed by atoms with Gasteiger partial charge in [-0.15, -0.1) is 11.3 Å². The van der Waals surface area contributed by atoms with Crippen LogP contribution >= 0.6 is 11.3 Å². The van der Waals surface area contributed by atoms with Gasteiger partial charge in [0.05, 0.1) is 21.8 Å². The molecule has 214 valence electrons. The molecule has 0 spiro atoms. The van der Waals surface area contributed by atoms with Gasteiger partial charge in [-0.05, 0) is 63.4 Å². The standard InChI is InChI=1S/C43H31NS/c1-43(2)35-21-10-8-19-33(35)41-36(43)22-13-24-38(41)44(37-23-11-9-18-31(37)28-14-4-3-5-15-28)39-25-12-20-32-34-26-29-16-6-7-17-30(29)27-40(34)45-42(32)39/h3-27H,1-2H3. The monoisotopic (exact) mass is 593 g/mol. The second kappa shape index (κ2) is 9.92. The summed E-state index contributed by atoms with van der Waals surface area (Å²) in [5, 5.41) is 5.18. The summed E-state index contributed by atoms with van der Waals surface area (Å²) in [6, 6.07) is 55.8. The highest BCUT2D eigenvalue weighted by molar-refractivity contribution is 7.26. The molecule has 0 N–H and O–H groups in total. The Morgan fingerprint density at radius 1 is 0.489 bits per heavy atom. The number of benzene rings is 7. The van der Waals surface area contributed by atoms with Crippen LogP contribution in [0, 0.1) is 0 Å². The van der Waals surface area contributed by atoms with E-state index in [2.05, 4.69) is 170 Å². The van der Waals surface area contributed by atoms with Gasteiger partial charge in [0, 0.05) is 32.0 Å². The Hall–Kier alpha value is -5.18. The first kappa shape index (κ1) is 26.2. The molecule has 2 heteroatoms. The second-order valence-electron chi connectivity index (χ2n) is 12.5. The fraction of sp³-hybridized carbons (Fsp3) is 0.0698. The highest BCUT2D eigenvalue weighted by Crippen LogP contribution is 2.56. The molecule has 1 nitrogen and oxygen atoms in total. The van der Waals surface area contributed by atoms with E-state index >= 15 is 0 Å². The number of hydrogen-bond donors (Lipinski definition) is 0. The molecule has 0 unspecified atom stereocenters. The van der Waals surface area contributed by atoms with E-state index in [1.54, 1.807) is 0 Å². The minimum atomic E-state index is -0.0870. The molecule has 9 rings (SSSR count). The number of fused-ring (bicyclic) bond motifs is 7. The summed E-state index contributed by atoms with van der Waals surface area (Å²) >= 11 is 1.90. The van der Waals surface area contributed by atoms with E-state index in [9.17, 15) is 0 Å². The predicted octanol–water partition coefficient (Wildman–Crippen LogP) is 12.7. The molecule has 0 aliphatic heterocycles. The van der Waals surface area contributed by atoms with Crippen molar-refractivity contribution in [2.45, 2.75) is 19.3 Å². The van der Waals surface area contributed by atoms with E-state index in [1.807, 2.05) is 11.3 Å². The fourth-order valence-corrected chi connectivity index (χ4v) is 8.72. The number of para-hydroxylation sites is 1. The van der Waals surface area contributed by atoms with Crippen LogP contribution in [-0.4, -0.2) is 0 Å². The van der Waals surface area contributed by atoms with Gasteiger partial charge in [-0.2, -0.15) is 0 Å². The van der Waals surface area contributed by atoms with Crippen molar-refractivity contribution in [1.29, 1.82) is 0 Å². The number of thiophene rings is 1. The minimum absolute atomic E-state index is 0.0870. The van der Waals surface area contributed by atoms with Crippen molar-refractivity contribution >= 4 is 59.3 Å². The minimum Gasteiger partial charge on any atom is -0.308 e. The van der Waals surface area contributed by atoms with E-state index < -0.39 is 0 Å². The molecule has 8 aromatic rings. The van der Waals surface area contributed by atoms with Gasteiger partial charge in [0.2, 0.25) is 0 Å². The van der Waals surface area contributed by atoms with E-state index in [1.165, 1.54) is 81.4 Å².